The summed E-state index contributed by atoms with van der Waals surface area (Å²) in [4.78, 5) is 25.3. The highest BCUT2D eigenvalue weighted by atomic mass is 16.2. The highest BCUT2D eigenvalue weighted by Gasteiger charge is 2.22. The summed E-state index contributed by atoms with van der Waals surface area (Å²) in [6.07, 6.45) is 0. The highest BCUT2D eigenvalue weighted by molar-refractivity contribution is 5.95. The molecule has 0 unspecified atom stereocenters. The van der Waals surface area contributed by atoms with E-state index in [4.69, 9.17) is 0 Å². The molecule has 0 aliphatic carbocycles. The van der Waals surface area contributed by atoms with Crippen molar-refractivity contribution >= 4 is 22.6 Å². The van der Waals surface area contributed by atoms with Crippen LogP contribution in [0.5, 0.6) is 0 Å². The van der Waals surface area contributed by atoms with Gasteiger partial charge in [0.05, 0.1) is 11.0 Å². The van der Waals surface area contributed by atoms with E-state index in [2.05, 4.69) is 58.2 Å². The summed E-state index contributed by atoms with van der Waals surface area (Å²) < 4.78 is 0. The van der Waals surface area contributed by atoms with E-state index in [0.29, 0.717) is 0 Å². The summed E-state index contributed by atoms with van der Waals surface area (Å²) in [5.74, 6) is 0.917. The van der Waals surface area contributed by atoms with E-state index in [0.717, 1.165) is 54.2 Å². The van der Waals surface area contributed by atoms with Crippen LogP contribution in [0.4, 0.5) is 5.69 Å². The van der Waals surface area contributed by atoms with Crippen LogP contribution in [0.25, 0.3) is 22.4 Å². The Morgan fingerprint density at radius 3 is 2.37 bits per heavy atom. The lowest BCUT2D eigenvalue weighted by Crippen LogP contribution is -2.48. The number of hydrogen-bond acceptors (Lipinski definition) is 3. The number of aryl methyl sites for hydroxylation is 1. The summed E-state index contributed by atoms with van der Waals surface area (Å²) in [6, 6.07) is 24.3. The Morgan fingerprint density at radius 1 is 0.900 bits per heavy atom. The monoisotopic (exact) mass is 396 g/mol. The predicted octanol–water partition coefficient (Wildman–Crippen LogP) is 4.50. The number of amides is 1. The van der Waals surface area contributed by atoms with E-state index in [1.807, 2.05) is 41.3 Å². The Bertz CT molecular complexity index is 1170. The van der Waals surface area contributed by atoms with Gasteiger partial charge in [-0.1, -0.05) is 36.4 Å². The van der Waals surface area contributed by atoms with Crippen molar-refractivity contribution in [2.45, 2.75) is 6.92 Å². The van der Waals surface area contributed by atoms with Gasteiger partial charge in [0.25, 0.3) is 5.91 Å². The zero-order valence-electron chi connectivity index (χ0n) is 17.0. The number of para-hydroxylation sites is 1. The molecule has 30 heavy (non-hydrogen) atoms. The molecule has 5 rings (SSSR count). The maximum absolute atomic E-state index is 13.0. The van der Waals surface area contributed by atoms with E-state index in [9.17, 15) is 4.79 Å². The largest absolute Gasteiger partial charge is 0.368 e. The summed E-state index contributed by atoms with van der Waals surface area (Å²) in [5.41, 5.74) is 6.10. The van der Waals surface area contributed by atoms with Gasteiger partial charge < -0.3 is 14.8 Å². The lowest BCUT2D eigenvalue weighted by Gasteiger charge is -2.36. The average Bonchev–Trinajstić information content (AvgIpc) is 3.23. The Hall–Kier alpha value is -3.60. The molecule has 1 aromatic heterocycles. The molecule has 1 aliphatic heterocycles. The summed E-state index contributed by atoms with van der Waals surface area (Å²) >= 11 is 0. The molecule has 0 spiro atoms. The first kappa shape index (κ1) is 18.4. The van der Waals surface area contributed by atoms with E-state index < -0.39 is 0 Å². The molecule has 1 aliphatic rings. The molecule has 4 aromatic rings. The zero-order chi connectivity index (χ0) is 20.5. The molecule has 0 saturated carbocycles. The first-order valence-electron chi connectivity index (χ1n) is 10.3. The van der Waals surface area contributed by atoms with E-state index in [1.54, 1.807) is 0 Å². The molecule has 2 heterocycles. The Labute approximate surface area is 176 Å². The third kappa shape index (κ3) is 3.54. The van der Waals surface area contributed by atoms with Crippen LogP contribution in [0.15, 0.2) is 72.8 Å². The quantitative estimate of drug-likeness (QED) is 0.555. The number of anilines is 1. The van der Waals surface area contributed by atoms with E-state index in [1.165, 1.54) is 11.3 Å². The van der Waals surface area contributed by atoms with Crippen LogP contribution in [0.1, 0.15) is 15.9 Å². The van der Waals surface area contributed by atoms with Gasteiger partial charge in [-0.05, 0) is 48.9 Å². The molecule has 0 bridgehead atoms. The van der Waals surface area contributed by atoms with Crippen molar-refractivity contribution in [3.05, 3.63) is 83.9 Å². The minimum atomic E-state index is 0.0921. The number of imidazole rings is 1. The first-order valence-corrected chi connectivity index (χ1v) is 10.3. The summed E-state index contributed by atoms with van der Waals surface area (Å²) in [7, 11) is 0. The van der Waals surface area contributed by atoms with Crippen molar-refractivity contribution in [3.8, 4) is 11.4 Å². The second-order valence-electron chi connectivity index (χ2n) is 7.80. The number of nitrogens with zero attached hydrogens (tertiary/aromatic N) is 3. The minimum Gasteiger partial charge on any atom is -0.368 e. The lowest BCUT2D eigenvalue weighted by molar-refractivity contribution is 0.0747. The predicted molar refractivity (Wildman–Crippen MR) is 121 cm³/mol. The van der Waals surface area contributed by atoms with E-state index in [-0.39, 0.29) is 5.91 Å². The molecule has 5 heteroatoms. The number of carbonyl (C=O) groups is 1. The summed E-state index contributed by atoms with van der Waals surface area (Å²) in [5, 5.41) is 0. The number of rotatable bonds is 3. The van der Waals surface area contributed by atoms with Gasteiger partial charge in [0, 0.05) is 43.0 Å². The van der Waals surface area contributed by atoms with Gasteiger partial charge >= 0.3 is 0 Å². The molecule has 1 fully saturated rings. The molecule has 0 atom stereocenters. The topological polar surface area (TPSA) is 52.2 Å². The average molecular weight is 396 g/mol. The van der Waals surface area contributed by atoms with Crippen LogP contribution in [-0.2, 0) is 0 Å². The molecule has 1 N–H and O–H groups in total. The SMILES string of the molecule is Cc1ccc2nc(-c3ccc(C(=O)N4CCN(c5ccccc5)CC4)cc3)[nH]c2c1. The second kappa shape index (κ2) is 7.67. The number of piperazine rings is 1. The molecule has 1 saturated heterocycles. The number of H-pyrrole nitrogens is 1. The number of hydrogen-bond donors (Lipinski definition) is 1. The number of fused-ring (bicyclic) bond motifs is 1. The van der Waals surface area contributed by atoms with Crippen LogP contribution in [0.2, 0.25) is 0 Å². The first-order chi connectivity index (χ1) is 14.7. The van der Waals surface area contributed by atoms with Gasteiger partial charge in [-0.25, -0.2) is 4.98 Å². The molecule has 0 radical (unpaired) electrons. The molecule has 150 valence electrons. The zero-order valence-corrected chi connectivity index (χ0v) is 17.0. The van der Waals surface area contributed by atoms with Crippen LogP contribution in [0.3, 0.4) is 0 Å². The van der Waals surface area contributed by atoms with Crippen molar-refractivity contribution in [2.24, 2.45) is 0 Å². The lowest BCUT2D eigenvalue weighted by atomic mass is 10.1. The second-order valence-corrected chi connectivity index (χ2v) is 7.80. The highest BCUT2D eigenvalue weighted by Crippen LogP contribution is 2.22. The number of aromatic nitrogens is 2. The van der Waals surface area contributed by atoms with Crippen LogP contribution in [-0.4, -0.2) is 47.0 Å². The van der Waals surface area contributed by atoms with Gasteiger partial charge in [0.1, 0.15) is 5.82 Å². The Kier molecular flexibility index (Phi) is 4.71. The van der Waals surface area contributed by atoms with Gasteiger partial charge in [-0.2, -0.15) is 0 Å². The van der Waals surface area contributed by atoms with Crippen molar-refractivity contribution in [3.63, 3.8) is 0 Å². The number of carbonyl (C=O) groups excluding carboxylic acids is 1. The fourth-order valence-electron chi connectivity index (χ4n) is 4.02. The Morgan fingerprint density at radius 2 is 1.63 bits per heavy atom. The standard InChI is InChI=1S/C25H24N4O/c1-18-7-12-22-23(17-18)27-24(26-22)19-8-10-20(11-9-19)25(30)29-15-13-28(14-16-29)21-5-3-2-4-6-21/h2-12,17H,13-16H2,1H3,(H,26,27). The van der Waals surface area contributed by atoms with Crippen molar-refractivity contribution in [1.82, 2.24) is 14.9 Å². The fraction of sp³-hybridized carbons (Fsp3) is 0.200. The minimum absolute atomic E-state index is 0.0921. The third-order valence-electron chi connectivity index (χ3n) is 5.73. The van der Waals surface area contributed by atoms with Crippen LogP contribution in [0, 0.1) is 6.92 Å². The number of aromatic amines is 1. The van der Waals surface area contributed by atoms with Gasteiger partial charge in [0.2, 0.25) is 0 Å². The number of benzene rings is 3. The maximum Gasteiger partial charge on any atom is 0.253 e. The van der Waals surface area contributed by atoms with Gasteiger partial charge in [-0.3, -0.25) is 4.79 Å². The van der Waals surface area contributed by atoms with E-state index >= 15 is 0 Å². The smallest absolute Gasteiger partial charge is 0.253 e. The molecule has 5 nitrogen and oxygen atoms in total. The van der Waals surface area contributed by atoms with Gasteiger partial charge in [0.15, 0.2) is 0 Å². The molecule has 3 aromatic carbocycles. The third-order valence-corrected chi connectivity index (χ3v) is 5.73. The molecular weight excluding hydrogens is 372 g/mol. The molecular formula is C25H24N4O. The maximum atomic E-state index is 13.0. The normalized spacial score (nSPS) is 14.3. The van der Waals surface area contributed by atoms with Crippen molar-refractivity contribution in [2.75, 3.05) is 31.1 Å². The summed E-state index contributed by atoms with van der Waals surface area (Å²) in [6.45, 7) is 5.25. The number of nitrogens with one attached hydrogen (secondary N) is 1. The van der Waals surface area contributed by atoms with Crippen molar-refractivity contribution in [1.29, 1.82) is 0 Å². The molecule has 1 amide bonds. The van der Waals surface area contributed by atoms with Crippen molar-refractivity contribution < 1.29 is 4.79 Å². The van der Waals surface area contributed by atoms with Crippen LogP contribution >= 0.6 is 0 Å². The Balaban J connectivity index is 1.27. The van der Waals surface area contributed by atoms with Crippen LogP contribution < -0.4 is 4.90 Å². The fourth-order valence-corrected chi connectivity index (χ4v) is 4.02. The van der Waals surface area contributed by atoms with Gasteiger partial charge in [-0.15, -0.1) is 0 Å².